The summed E-state index contributed by atoms with van der Waals surface area (Å²) in [7, 11) is -2.32. The number of ether oxygens (including phenoxy) is 1. The molecule has 2 aliphatic rings. The SMILES string of the molecule is C=S1(=O)CCN(c2cc(NCC3(N)CCOCC3)c3cc(C)ccc3n2)Cc2ccccc21. The average molecular weight is 465 g/mol. The zero-order valence-corrected chi connectivity index (χ0v) is 20.0. The number of nitrogens with zero attached hydrogens (tertiary/aromatic N) is 2. The van der Waals surface area contributed by atoms with Crippen molar-refractivity contribution in [2.45, 2.75) is 36.7 Å². The minimum atomic E-state index is -2.32. The van der Waals surface area contributed by atoms with Crippen molar-refractivity contribution in [3.05, 3.63) is 59.7 Å². The van der Waals surface area contributed by atoms with Crippen molar-refractivity contribution in [1.82, 2.24) is 4.98 Å². The van der Waals surface area contributed by atoms with E-state index in [1.807, 2.05) is 24.3 Å². The van der Waals surface area contributed by atoms with Crippen LogP contribution in [0.2, 0.25) is 0 Å². The molecule has 1 unspecified atom stereocenters. The fourth-order valence-corrected chi connectivity index (χ4v) is 6.38. The summed E-state index contributed by atoms with van der Waals surface area (Å²) in [5, 5.41) is 4.73. The molecule has 0 radical (unpaired) electrons. The maximum atomic E-state index is 13.3. The van der Waals surface area contributed by atoms with Crippen molar-refractivity contribution in [1.29, 1.82) is 0 Å². The van der Waals surface area contributed by atoms with Crippen molar-refractivity contribution in [2.75, 3.05) is 42.3 Å². The van der Waals surface area contributed by atoms with Crippen LogP contribution in [0.1, 0.15) is 24.0 Å². The average Bonchev–Trinajstić information content (AvgIpc) is 2.94. The van der Waals surface area contributed by atoms with E-state index in [1.54, 1.807) is 0 Å². The van der Waals surface area contributed by atoms with Crippen LogP contribution in [-0.4, -0.2) is 52.7 Å². The molecular weight excluding hydrogens is 432 g/mol. The van der Waals surface area contributed by atoms with Crippen molar-refractivity contribution in [3.63, 3.8) is 0 Å². The molecule has 1 fully saturated rings. The molecule has 1 saturated heterocycles. The van der Waals surface area contributed by atoms with Crippen molar-refractivity contribution in [2.24, 2.45) is 5.73 Å². The van der Waals surface area contributed by atoms with E-state index >= 15 is 0 Å². The van der Waals surface area contributed by atoms with Gasteiger partial charge >= 0.3 is 0 Å². The fourth-order valence-electron chi connectivity index (χ4n) is 4.71. The Labute approximate surface area is 196 Å². The van der Waals surface area contributed by atoms with Gasteiger partial charge in [0.05, 0.1) is 5.52 Å². The number of rotatable bonds is 4. The van der Waals surface area contributed by atoms with Crippen LogP contribution in [0, 0.1) is 6.92 Å². The van der Waals surface area contributed by atoms with E-state index in [0.29, 0.717) is 38.6 Å². The van der Waals surface area contributed by atoms with E-state index in [0.717, 1.165) is 45.7 Å². The van der Waals surface area contributed by atoms with Crippen LogP contribution in [0.3, 0.4) is 0 Å². The zero-order valence-electron chi connectivity index (χ0n) is 19.2. The summed E-state index contributed by atoms with van der Waals surface area (Å²) in [5.74, 6) is 5.45. The Balaban J connectivity index is 1.52. The quantitative estimate of drug-likeness (QED) is 0.575. The molecule has 1 atom stereocenters. The fraction of sp³-hybridized carbons (Fsp3) is 0.385. The first kappa shape index (κ1) is 22.2. The van der Waals surface area contributed by atoms with Gasteiger partial charge in [0.2, 0.25) is 0 Å². The van der Waals surface area contributed by atoms with Gasteiger partial charge in [-0.2, -0.15) is 0 Å². The van der Waals surface area contributed by atoms with E-state index < -0.39 is 9.52 Å². The first-order valence-corrected chi connectivity index (χ1v) is 13.4. The van der Waals surface area contributed by atoms with Crippen LogP contribution in [0.5, 0.6) is 0 Å². The van der Waals surface area contributed by atoms with Gasteiger partial charge < -0.3 is 20.7 Å². The van der Waals surface area contributed by atoms with Gasteiger partial charge in [-0.1, -0.05) is 29.8 Å². The Kier molecular flexibility index (Phi) is 5.80. The number of fused-ring (bicyclic) bond motifs is 2. The molecule has 3 N–H and O–H groups in total. The number of anilines is 2. The third-order valence-electron chi connectivity index (χ3n) is 6.82. The molecule has 174 valence electrons. The third-order valence-corrected chi connectivity index (χ3v) is 8.86. The lowest BCUT2D eigenvalue weighted by Gasteiger charge is -2.34. The molecular formula is C26H32N4O2S. The van der Waals surface area contributed by atoms with Crippen LogP contribution in [0.4, 0.5) is 11.5 Å². The normalized spacial score (nSPS) is 22.5. The summed E-state index contributed by atoms with van der Waals surface area (Å²) < 4.78 is 18.8. The van der Waals surface area contributed by atoms with Gasteiger partial charge in [-0.25, -0.2) is 4.98 Å². The Morgan fingerprint density at radius 2 is 2.00 bits per heavy atom. The van der Waals surface area contributed by atoms with E-state index in [4.69, 9.17) is 15.5 Å². The number of nitrogens with two attached hydrogens (primary N) is 1. The standard InChI is InChI=1S/C26H32N4O2S/c1-19-7-8-22-21(15-19)23(28-18-26(27)9-12-32-13-10-26)16-25(29-22)30-11-14-33(2,31)24-6-4-3-5-20(24)17-30/h3-8,15-16H,2,9-14,17-18,27H2,1H3,(H,28,29). The monoisotopic (exact) mass is 464 g/mol. The van der Waals surface area contributed by atoms with Crippen molar-refractivity contribution >= 4 is 37.8 Å². The summed E-state index contributed by atoms with van der Waals surface area (Å²) in [5.41, 5.74) is 10.6. The van der Waals surface area contributed by atoms with Gasteiger partial charge in [0, 0.05) is 66.2 Å². The van der Waals surface area contributed by atoms with Gasteiger partial charge in [-0.15, -0.1) is 0 Å². The molecule has 1 aromatic heterocycles. The second-order valence-electron chi connectivity index (χ2n) is 9.42. The lowest BCUT2D eigenvalue weighted by molar-refractivity contribution is 0.0575. The van der Waals surface area contributed by atoms with Crippen LogP contribution in [0.25, 0.3) is 10.9 Å². The molecule has 0 amide bonds. The van der Waals surface area contributed by atoms with E-state index in [9.17, 15) is 4.21 Å². The number of hydrogen-bond acceptors (Lipinski definition) is 6. The highest BCUT2D eigenvalue weighted by Crippen LogP contribution is 2.32. The highest BCUT2D eigenvalue weighted by Gasteiger charge is 2.28. The molecule has 0 saturated carbocycles. The van der Waals surface area contributed by atoms with E-state index in [2.05, 4.69) is 47.3 Å². The predicted octanol–water partition coefficient (Wildman–Crippen LogP) is 3.56. The molecule has 6 nitrogen and oxygen atoms in total. The topological polar surface area (TPSA) is 80.5 Å². The first-order chi connectivity index (χ1) is 15.8. The lowest BCUT2D eigenvalue weighted by Crippen LogP contribution is -2.50. The molecule has 0 aliphatic carbocycles. The van der Waals surface area contributed by atoms with Gasteiger partial charge in [-0.3, -0.25) is 4.21 Å². The summed E-state index contributed by atoms with van der Waals surface area (Å²) in [6.07, 6.45) is 1.69. The Hall–Kier alpha value is -2.61. The molecule has 0 bridgehead atoms. The maximum Gasteiger partial charge on any atom is 0.131 e. The minimum Gasteiger partial charge on any atom is -0.383 e. The second kappa shape index (κ2) is 8.63. The largest absolute Gasteiger partial charge is 0.383 e. The number of aryl methyl sites for hydroxylation is 1. The Morgan fingerprint density at radius 1 is 1.21 bits per heavy atom. The predicted molar refractivity (Wildman–Crippen MR) is 138 cm³/mol. The molecule has 2 aromatic carbocycles. The number of pyridine rings is 1. The number of hydrogen-bond donors (Lipinski definition) is 2. The minimum absolute atomic E-state index is 0.279. The highest BCUT2D eigenvalue weighted by molar-refractivity contribution is 8.00. The van der Waals surface area contributed by atoms with E-state index in [1.165, 1.54) is 5.56 Å². The molecule has 7 heteroatoms. The summed E-state index contributed by atoms with van der Waals surface area (Å²) >= 11 is 0. The third kappa shape index (κ3) is 4.58. The highest BCUT2D eigenvalue weighted by atomic mass is 32.2. The number of benzene rings is 2. The van der Waals surface area contributed by atoms with Gasteiger partial charge in [0.15, 0.2) is 0 Å². The summed E-state index contributed by atoms with van der Waals surface area (Å²) in [4.78, 5) is 8.08. The van der Waals surface area contributed by atoms with Crippen LogP contribution in [-0.2, 0) is 20.8 Å². The van der Waals surface area contributed by atoms with Crippen molar-refractivity contribution < 1.29 is 8.95 Å². The lowest BCUT2D eigenvalue weighted by atomic mass is 9.91. The zero-order chi connectivity index (χ0) is 23.1. The smallest absolute Gasteiger partial charge is 0.131 e. The molecule has 5 rings (SSSR count). The Bertz CT molecular complexity index is 1280. The van der Waals surface area contributed by atoms with Gasteiger partial charge in [-0.05, 0) is 58.9 Å². The van der Waals surface area contributed by atoms with Gasteiger partial charge in [0.1, 0.15) is 5.82 Å². The maximum absolute atomic E-state index is 13.3. The van der Waals surface area contributed by atoms with Crippen LogP contribution in [0.15, 0.2) is 53.4 Å². The molecule has 0 spiro atoms. The van der Waals surface area contributed by atoms with Crippen molar-refractivity contribution in [3.8, 4) is 0 Å². The van der Waals surface area contributed by atoms with E-state index in [-0.39, 0.29) is 5.54 Å². The summed E-state index contributed by atoms with van der Waals surface area (Å²) in [6, 6.07) is 16.4. The van der Waals surface area contributed by atoms with Gasteiger partial charge in [0.25, 0.3) is 0 Å². The van der Waals surface area contributed by atoms with Crippen LogP contribution >= 0.6 is 0 Å². The number of aromatic nitrogens is 1. The first-order valence-electron chi connectivity index (χ1n) is 11.5. The number of nitrogens with one attached hydrogen (secondary N) is 1. The summed E-state index contributed by atoms with van der Waals surface area (Å²) in [6.45, 7) is 5.48. The molecule has 3 aromatic rings. The molecule has 2 aliphatic heterocycles. The molecule has 33 heavy (non-hydrogen) atoms. The Morgan fingerprint density at radius 3 is 2.82 bits per heavy atom. The molecule has 3 heterocycles. The van der Waals surface area contributed by atoms with Crippen LogP contribution < -0.4 is 16.0 Å². The second-order valence-corrected chi connectivity index (χ2v) is 11.9.